The van der Waals surface area contributed by atoms with Crippen LogP contribution in [0.4, 0.5) is 10.5 Å². The Morgan fingerprint density at radius 3 is 2.38 bits per heavy atom. The van der Waals surface area contributed by atoms with Gasteiger partial charge in [0.15, 0.2) is 0 Å². The first-order valence-electron chi connectivity index (χ1n) is 7.70. The molecule has 0 heterocycles. The largest absolute Gasteiger partial charge is 0.462 e. The molecule has 0 saturated carbocycles. The van der Waals surface area contributed by atoms with Crippen molar-refractivity contribution in [3.63, 3.8) is 0 Å². The SMILES string of the molecule is CCOC(=O)c1ccccc1NC(=O)C(C)NC(=O)OC(C)(C)C. The molecule has 132 valence electrons. The highest BCUT2D eigenvalue weighted by Crippen LogP contribution is 2.16. The molecule has 1 atom stereocenters. The maximum atomic E-state index is 12.2. The van der Waals surface area contributed by atoms with Gasteiger partial charge < -0.3 is 20.1 Å². The molecule has 0 radical (unpaired) electrons. The molecule has 0 aliphatic rings. The van der Waals surface area contributed by atoms with Gasteiger partial charge in [-0.15, -0.1) is 0 Å². The molecular weight excluding hydrogens is 312 g/mol. The lowest BCUT2D eigenvalue weighted by Gasteiger charge is -2.21. The predicted molar refractivity (Wildman–Crippen MR) is 89.9 cm³/mol. The average Bonchev–Trinajstić information content (AvgIpc) is 2.45. The Balaban J connectivity index is 2.74. The van der Waals surface area contributed by atoms with E-state index in [1.54, 1.807) is 52.0 Å². The van der Waals surface area contributed by atoms with Gasteiger partial charge in [0.05, 0.1) is 17.9 Å². The fraction of sp³-hybridized carbons (Fsp3) is 0.471. The number of rotatable bonds is 5. The molecule has 1 rings (SSSR count). The lowest BCUT2D eigenvalue weighted by molar-refractivity contribution is -0.117. The Hall–Kier alpha value is -2.57. The van der Waals surface area contributed by atoms with Crippen molar-refractivity contribution in [2.45, 2.75) is 46.3 Å². The Kier molecular flexibility index (Phi) is 6.76. The van der Waals surface area contributed by atoms with E-state index in [1.165, 1.54) is 6.92 Å². The Morgan fingerprint density at radius 1 is 1.17 bits per heavy atom. The molecule has 0 spiro atoms. The van der Waals surface area contributed by atoms with Gasteiger partial charge in [0, 0.05) is 0 Å². The zero-order valence-electron chi connectivity index (χ0n) is 14.6. The highest BCUT2D eigenvalue weighted by atomic mass is 16.6. The Bertz CT molecular complexity index is 607. The van der Waals surface area contributed by atoms with Crippen LogP contribution in [-0.2, 0) is 14.3 Å². The van der Waals surface area contributed by atoms with Gasteiger partial charge in [0.25, 0.3) is 0 Å². The number of anilines is 1. The molecule has 0 saturated heterocycles. The third-order valence-corrected chi connectivity index (χ3v) is 2.81. The number of carbonyl (C=O) groups excluding carboxylic acids is 3. The molecule has 2 amide bonds. The summed E-state index contributed by atoms with van der Waals surface area (Å²) >= 11 is 0. The highest BCUT2D eigenvalue weighted by molar-refractivity contribution is 6.03. The lowest BCUT2D eigenvalue weighted by atomic mass is 10.1. The van der Waals surface area contributed by atoms with Gasteiger partial charge in [-0.05, 0) is 46.8 Å². The van der Waals surface area contributed by atoms with Gasteiger partial charge in [-0.1, -0.05) is 12.1 Å². The number of carbonyl (C=O) groups is 3. The molecule has 2 N–H and O–H groups in total. The number of ether oxygens (including phenoxy) is 2. The van der Waals surface area contributed by atoms with Crippen molar-refractivity contribution in [3.05, 3.63) is 29.8 Å². The first-order chi connectivity index (χ1) is 11.1. The number of hydrogen-bond donors (Lipinski definition) is 2. The summed E-state index contributed by atoms with van der Waals surface area (Å²) in [6.45, 7) is 8.64. The van der Waals surface area contributed by atoms with E-state index >= 15 is 0 Å². The van der Waals surface area contributed by atoms with Crippen LogP contribution in [0.2, 0.25) is 0 Å². The molecule has 24 heavy (non-hydrogen) atoms. The van der Waals surface area contributed by atoms with Gasteiger partial charge in [-0.3, -0.25) is 4.79 Å². The second kappa shape index (κ2) is 8.33. The summed E-state index contributed by atoms with van der Waals surface area (Å²) in [5.41, 5.74) is -0.0903. The third-order valence-electron chi connectivity index (χ3n) is 2.81. The Morgan fingerprint density at radius 2 is 1.79 bits per heavy atom. The molecular formula is C17H24N2O5. The lowest BCUT2D eigenvalue weighted by Crippen LogP contribution is -2.44. The van der Waals surface area contributed by atoms with Crippen molar-refractivity contribution >= 4 is 23.7 Å². The smallest absolute Gasteiger partial charge is 0.408 e. The van der Waals surface area contributed by atoms with Crippen molar-refractivity contribution in [2.24, 2.45) is 0 Å². The molecule has 0 bridgehead atoms. The van der Waals surface area contributed by atoms with Crippen molar-refractivity contribution in [3.8, 4) is 0 Å². The zero-order valence-corrected chi connectivity index (χ0v) is 14.6. The molecule has 0 aliphatic carbocycles. The maximum absolute atomic E-state index is 12.2. The fourth-order valence-electron chi connectivity index (χ4n) is 1.77. The predicted octanol–water partition coefficient (Wildman–Crippen LogP) is 2.72. The summed E-state index contributed by atoms with van der Waals surface area (Å²) in [7, 11) is 0. The Labute approximate surface area is 141 Å². The van der Waals surface area contributed by atoms with Gasteiger partial charge >= 0.3 is 12.1 Å². The average molecular weight is 336 g/mol. The minimum Gasteiger partial charge on any atom is -0.462 e. The summed E-state index contributed by atoms with van der Waals surface area (Å²) in [5, 5.41) is 5.05. The van der Waals surface area contributed by atoms with Gasteiger partial charge in [0.2, 0.25) is 5.91 Å². The van der Waals surface area contributed by atoms with E-state index in [-0.39, 0.29) is 12.2 Å². The van der Waals surface area contributed by atoms with Crippen LogP contribution in [0, 0.1) is 0 Å². The van der Waals surface area contributed by atoms with Gasteiger partial charge in [-0.25, -0.2) is 9.59 Å². The highest BCUT2D eigenvalue weighted by Gasteiger charge is 2.22. The van der Waals surface area contributed by atoms with E-state index in [9.17, 15) is 14.4 Å². The van der Waals surface area contributed by atoms with E-state index < -0.39 is 29.6 Å². The zero-order chi connectivity index (χ0) is 18.3. The summed E-state index contributed by atoms with van der Waals surface area (Å²) in [5.74, 6) is -1.00. The maximum Gasteiger partial charge on any atom is 0.408 e. The van der Waals surface area contributed by atoms with Crippen molar-refractivity contribution in [1.82, 2.24) is 5.32 Å². The molecule has 0 aromatic heterocycles. The molecule has 0 aliphatic heterocycles. The third kappa shape index (κ3) is 6.28. The molecule has 1 unspecified atom stereocenters. The number of amides is 2. The van der Waals surface area contributed by atoms with E-state index in [2.05, 4.69) is 10.6 Å². The van der Waals surface area contributed by atoms with E-state index in [0.717, 1.165) is 0 Å². The standard InChI is InChI=1S/C17H24N2O5/c1-6-23-15(21)12-9-7-8-10-13(12)19-14(20)11(2)18-16(22)24-17(3,4)5/h7-11H,6H2,1-5H3,(H,18,22)(H,19,20). The minimum atomic E-state index is -0.838. The van der Waals surface area contributed by atoms with E-state index in [4.69, 9.17) is 9.47 Å². The summed E-state index contributed by atoms with van der Waals surface area (Å²) in [6, 6.07) is 5.66. The van der Waals surface area contributed by atoms with Crippen LogP contribution >= 0.6 is 0 Å². The summed E-state index contributed by atoms with van der Waals surface area (Å²) < 4.78 is 10.0. The first-order valence-corrected chi connectivity index (χ1v) is 7.70. The monoisotopic (exact) mass is 336 g/mol. The van der Waals surface area contributed by atoms with Gasteiger partial charge in [-0.2, -0.15) is 0 Å². The van der Waals surface area contributed by atoms with Crippen molar-refractivity contribution in [1.29, 1.82) is 0 Å². The van der Waals surface area contributed by atoms with Crippen molar-refractivity contribution in [2.75, 3.05) is 11.9 Å². The topological polar surface area (TPSA) is 93.7 Å². The normalized spacial score (nSPS) is 12.0. The molecule has 0 fully saturated rings. The van der Waals surface area contributed by atoms with Crippen LogP contribution in [0.3, 0.4) is 0 Å². The molecule has 7 heteroatoms. The number of benzene rings is 1. The van der Waals surface area contributed by atoms with Crippen molar-refractivity contribution < 1.29 is 23.9 Å². The number of alkyl carbamates (subject to hydrolysis) is 1. The van der Waals surface area contributed by atoms with E-state index in [0.29, 0.717) is 5.69 Å². The quantitative estimate of drug-likeness (QED) is 0.806. The minimum absolute atomic E-state index is 0.234. The summed E-state index contributed by atoms with van der Waals surface area (Å²) in [6.07, 6.45) is -0.691. The van der Waals surface area contributed by atoms with E-state index in [1.807, 2.05) is 0 Å². The molecule has 1 aromatic rings. The number of hydrogen-bond acceptors (Lipinski definition) is 5. The van der Waals surface area contributed by atoms with Crippen LogP contribution in [0.15, 0.2) is 24.3 Å². The van der Waals surface area contributed by atoms with Crippen LogP contribution in [-0.4, -0.2) is 36.2 Å². The van der Waals surface area contributed by atoms with Crippen LogP contribution in [0.25, 0.3) is 0 Å². The molecule has 1 aromatic carbocycles. The van der Waals surface area contributed by atoms with Crippen LogP contribution < -0.4 is 10.6 Å². The van der Waals surface area contributed by atoms with Gasteiger partial charge in [0.1, 0.15) is 11.6 Å². The van der Waals surface area contributed by atoms with Crippen LogP contribution in [0.1, 0.15) is 45.0 Å². The molecule has 7 nitrogen and oxygen atoms in total. The number of para-hydroxylation sites is 1. The second-order valence-corrected chi connectivity index (χ2v) is 6.12. The fourth-order valence-corrected chi connectivity index (χ4v) is 1.77. The number of nitrogens with one attached hydrogen (secondary N) is 2. The number of esters is 1. The van der Waals surface area contributed by atoms with Crippen LogP contribution in [0.5, 0.6) is 0 Å². The second-order valence-electron chi connectivity index (χ2n) is 6.12. The summed E-state index contributed by atoms with van der Waals surface area (Å²) in [4.78, 5) is 35.8. The first kappa shape index (κ1) is 19.5.